The van der Waals surface area contributed by atoms with Gasteiger partial charge in [0.2, 0.25) is 0 Å². The number of halogens is 3. The molecule has 0 aliphatic carbocycles. The summed E-state index contributed by atoms with van der Waals surface area (Å²) in [5.74, 6) is -2.50. The zero-order valence-electron chi connectivity index (χ0n) is 17.7. The molecular weight excluding hydrogens is 433 g/mol. The number of aromatic nitrogens is 6. The lowest BCUT2D eigenvalue weighted by Crippen LogP contribution is -2.49. The van der Waals surface area contributed by atoms with Gasteiger partial charge in [0.15, 0.2) is 5.82 Å². The van der Waals surface area contributed by atoms with Crippen LogP contribution in [0, 0.1) is 5.82 Å². The fourth-order valence-corrected chi connectivity index (χ4v) is 5.15. The van der Waals surface area contributed by atoms with E-state index in [2.05, 4.69) is 35.9 Å². The standard InChI is InChI=1S/C22H21F3N8/c1-33(13-4-12-7-22(24,25)18(5-13)29-12)19-3-2-17(30-31-19)14-6-16(23)20(11-8-26-27-9-11)15-10-28-32-21(14)15/h2-3,6,8-10,12-13,18,29H,4-5,7H2,1H3,(H,26,27)(H,28,32). The SMILES string of the molecule is CN(c1ccc(-c2cc(F)c(-c3cn[nH]c3)c3cn[nH]c23)nn1)C1CC2CC(F)(F)C(C1)N2. The number of aromatic amines is 2. The van der Waals surface area contributed by atoms with Crippen molar-refractivity contribution in [1.29, 1.82) is 0 Å². The highest BCUT2D eigenvalue weighted by Gasteiger charge is 2.53. The molecule has 3 unspecified atom stereocenters. The first-order valence-corrected chi connectivity index (χ1v) is 10.8. The van der Waals surface area contributed by atoms with Crippen LogP contribution in [0.3, 0.4) is 0 Å². The number of anilines is 1. The molecule has 2 bridgehead atoms. The van der Waals surface area contributed by atoms with Crippen LogP contribution in [-0.4, -0.2) is 61.7 Å². The Morgan fingerprint density at radius 1 is 1.12 bits per heavy atom. The van der Waals surface area contributed by atoms with Crippen molar-refractivity contribution >= 4 is 16.7 Å². The van der Waals surface area contributed by atoms with Crippen molar-refractivity contribution < 1.29 is 13.2 Å². The van der Waals surface area contributed by atoms with Crippen LogP contribution in [-0.2, 0) is 0 Å². The van der Waals surface area contributed by atoms with Crippen LogP contribution in [0.4, 0.5) is 19.0 Å². The number of nitrogens with zero attached hydrogens (tertiary/aromatic N) is 5. The van der Waals surface area contributed by atoms with Crippen LogP contribution in [0.15, 0.2) is 36.8 Å². The number of rotatable bonds is 4. The molecule has 3 N–H and O–H groups in total. The molecule has 8 nitrogen and oxygen atoms in total. The molecule has 6 rings (SSSR count). The third-order valence-corrected chi connectivity index (χ3v) is 6.84. The first-order chi connectivity index (χ1) is 15.9. The molecule has 0 amide bonds. The van der Waals surface area contributed by atoms with E-state index in [1.165, 1.54) is 6.07 Å². The average Bonchev–Trinajstić information content (AvgIpc) is 3.53. The number of H-pyrrole nitrogens is 2. The maximum Gasteiger partial charge on any atom is 0.264 e. The zero-order valence-corrected chi connectivity index (χ0v) is 17.7. The number of hydrogen-bond donors (Lipinski definition) is 3. The molecule has 4 aromatic rings. The van der Waals surface area contributed by atoms with Gasteiger partial charge in [0, 0.05) is 53.8 Å². The molecule has 170 valence electrons. The molecule has 33 heavy (non-hydrogen) atoms. The van der Waals surface area contributed by atoms with Gasteiger partial charge >= 0.3 is 0 Å². The van der Waals surface area contributed by atoms with Crippen molar-refractivity contribution in [3.8, 4) is 22.4 Å². The summed E-state index contributed by atoms with van der Waals surface area (Å²) in [5.41, 5.74) is 2.68. The Morgan fingerprint density at radius 2 is 2.00 bits per heavy atom. The van der Waals surface area contributed by atoms with Gasteiger partial charge in [-0.3, -0.25) is 10.2 Å². The summed E-state index contributed by atoms with van der Waals surface area (Å²) in [5, 5.41) is 25.9. The predicted octanol–water partition coefficient (Wildman–Crippen LogP) is 3.51. The Morgan fingerprint density at radius 3 is 2.73 bits per heavy atom. The van der Waals surface area contributed by atoms with Gasteiger partial charge < -0.3 is 10.2 Å². The quantitative estimate of drug-likeness (QED) is 0.437. The minimum atomic E-state index is -2.67. The molecule has 0 radical (unpaired) electrons. The summed E-state index contributed by atoms with van der Waals surface area (Å²) in [6.07, 6.45) is 5.60. The van der Waals surface area contributed by atoms with Crippen LogP contribution in [0.1, 0.15) is 19.3 Å². The fraction of sp³-hybridized carbons (Fsp3) is 0.364. The maximum absolute atomic E-state index is 15.1. The topological polar surface area (TPSA) is 98.4 Å². The highest BCUT2D eigenvalue weighted by Crippen LogP contribution is 2.41. The second kappa shape index (κ2) is 7.27. The van der Waals surface area contributed by atoms with Gasteiger partial charge in [0.1, 0.15) is 5.82 Å². The van der Waals surface area contributed by atoms with Crippen LogP contribution in [0.2, 0.25) is 0 Å². The summed E-state index contributed by atoms with van der Waals surface area (Å²) < 4.78 is 43.2. The summed E-state index contributed by atoms with van der Waals surface area (Å²) in [7, 11) is 1.85. The zero-order chi connectivity index (χ0) is 22.7. The van der Waals surface area contributed by atoms with Crippen molar-refractivity contribution in [2.24, 2.45) is 0 Å². The van der Waals surface area contributed by atoms with E-state index in [4.69, 9.17) is 0 Å². The molecule has 3 atom stereocenters. The molecule has 0 spiro atoms. The van der Waals surface area contributed by atoms with Crippen LogP contribution < -0.4 is 10.2 Å². The highest BCUT2D eigenvalue weighted by atomic mass is 19.3. The van der Waals surface area contributed by atoms with E-state index in [0.29, 0.717) is 51.9 Å². The van der Waals surface area contributed by atoms with Crippen LogP contribution >= 0.6 is 0 Å². The Labute approximate surface area is 186 Å². The van der Waals surface area contributed by atoms with Gasteiger partial charge in [-0.1, -0.05) is 0 Å². The Kier molecular flexibility index (Phi) is 4.44. The highest BCUT2D eigenvalue weighted by molar-refractivity contribution is 6.02. The van der Waals surface area contributed by atoms with E-state index in [9.17, 15) is 8.78 Å². The number of benzene rings is 1. The molecule has 1 aromatic carbocycles. The number of hydrogen-bond acceptors (Lipinski definition) is 6. The molecule has 3 aromatic heterocycles. The Hall–Kier alpha value is -3.47. The smallest absolute Gasteiger partial charge is 0.264 e. The number of fused-ring (bicyclic) bond motifs is 3. The lowest BCUT2D eigenvalue weighted by atomic mass is 9.98. The summed E-state index contributed by atoms with van der Waals surface area (Å²) in [6.45, 7) is 0. The number of alkyl halides is 2. The minimum absolute atomic E-state index is 0.0548. The van der Waals surface area contributed by atoms with Gasteiger partial charge in [0.05, 0.1) is 29.6 Å². The molecule has 2 aliphatic rings. The second-order valence-corrected chi connectivity index (χ2v) is 8.82. The maximum atomic E-state index is 15.1. The summed E-state index contributed by atoms with van der Waals surface area (Å²) in [6, 6.07) is 3.90. The predicted molar refractivity (Wildman–Crippen MR) is 116 cm³/mol. The Balaban J connectivity index is 1.30. The average molecular weight is 454 g/mol. The molecule has 11 heteroatoms. The lowest BCUT2D eigenvalue weighted by molar-refractivity contribution is -0.0128. The molecule has 2 fully saturated rings. The van der Waals surface area contributed by atoms with Crippen molar-refractivity contribution in [3.05, 3.63) is 42.6 Å². The van der Waals surface area contributed by atoms with E-state index < -0.39 is 17.8 Å². The van der Waals surface area contributed by atoms with E-state index in [0.717, 1.165) is 0 Å². The van der Waals surface area contributed by atoms with E-state index in [1.807, 2.05) is 11.9 Å². The summed E-state index contributed by atoms with van der Waals surface area (Å²) >= 11 is 0. The molecular formula is C22H21F3N8. The monoisotopic (exact) mass is 454 g/mol. The van der Waals surface area contributed by atoms with Crippen LogP contribution in [0.25, 0.3) is 33.3 Å². The van der Waals surface area contributed by atoms with Crippen molar-refractivity contribution in [1.82, 2.24) is 35.9 Å². The van der Waals surface area contributed by atoms with Crippen molar-refractivity contribution in [2.45, 2.75) is 43.3 Å². The van der Waals surface area contributed by atoms with Gasteiger partial charge in [-0.2, -0.15) is 10.2 Å². The first-order valence-electron chi connectivity index (χ1n) is 10.8. The molecule has 0 saturated carbocycles. The third-order valence-electron chi connectivity index (χ3n) is 6.84. The van der Waals surface area contributed by atoms with Gasteiger partial charge in [-0.05, 0) is 31.0 Å². The van der Waals surface area contributed by atoms with Crippen molar-refractivity contribution in [3.63, 3.8) is 0 Å². The molecule has 5 heterocycles. The molecule has 2 aliphatic heterocycles. The normalized spacial score (nSPS) is 23.8. The van der Waals surface area contributed by atoms with E-state index in [-0.39, 0.29) is 18.5 Å². The third kappa shape index (κ3) is 3.26. The first kappa shape index (κ1) is 20.2. The fourth-order valence-electron chi connectivity index (χ4n) is 5.15. The number of piperidine rings is 1. The van der Waals surface area contributed by atoms with E-state index in [1.54, 1.807) is 30.7 Å². The van der Waals surface area contributed by atoms with Gasteiger partial charge in [-0.25, -0.2) is 13.2 Å². The van der Waals surface area contributed by atoms with Crippen molar-refractivity contribution in [2.75, 3.05) is 11.9 Å². The number of nitrogens with one attached hydrogen (secondary N) is 3. The minimum Gasteiger partial charge on any atom is -0.355 e. The lowest BCUT2D eigenvalue weighted by Gasteiger charge is -2.36. The van der Waals surface area contributed by atoms with Gasteiger partial charge in [-0.15, -0.1) is 10.2 Å². The van der Waals surface area contributed by atoms with E-state index >= 15 is 4.39 Å². The molecule has 2 saturated heterocycles. The van der Waals surface area contributed by atoms with Gasteiger partial charge in [0.25, 0.3) is 5.92 Å². The largest absolute Gasteiger partial charge is 0.355 e. The Bertz CT molecular complexity index is 1300. The summed E-state index contributed by atoms with van der Waals surface area (Å²) in [4.78, 5) is 1.91. The second-order valence-electron chi connectivity index (χ2n) is 8.82. The van der Waals surface area contributed by atoms with Crippen LogP contribution in [0.5, 0.6) is 0 Å².